The van der Waals surface area contributed by atoms with Crippen LogP contribution in [0, 0.1) is 0 Å². The maximum Gasteiger partial charge on any atom is 0.152 e. The highest BCUT2D eigenvalue weighted by molar-refractivity contribution is 7.79. The predicted octanol–water partition coefficient (Wildman–Crippen LogP) is 3.25. The van der Waals surface area contributed by atoms with Gasteiger partial charge >= 0.3 is 0 Å². The molecule has 0 spiro atoms. The molecule has 2 aromatic rings. The van der Waals surface area contributed by atoms with E-state index in [9.17, 15) is 13.9 Å². The van der Waals surface area contributed by atoms with E-state index < -0.39 is 11.1 Å². The van der Waals surface area contributed by atoms with Crippen molar-refractivity contribution in [3.05, 3.63) is 18.2 Å². The summed E-state index contributed by atoms with van der Waals surface area (Å²) in [5.74, 6) is -0.266. The molecule has 2 N–H and O–H groups in total. The zero-order chi connectivity index (χ0) is 16.3. The fourth-order valence-electron chi connectivity index (χ4n) is 2.14. The van der Waals surface area contributed by atoms with Gasteiger partial charge in [0.2, 0.25) is 0 Å². The van der Waals surface area contributed by atoms with Crippen LogP contribution in [0.5, 0.6) is 5.75 Å². The molecule has 0 aliphatic carbocycles. The number of azo groups is 2. The van der Waals surface area contributed by atoms with Crippen LogP contribution < -0.4 is 5.32 Å². The number of hydrogen-bond donors (Lipinski definition) is 2. The third-order valence-corrected chi connectivity index (χ3v) is 3.72. The number of fused-ring (bicyclic) bond motifs is 1. The van der Waals surface area contributed by atoms with Crippen molar-refractivity contribution in [3.8, 4) is 5.75 Å². The minimum atomic E-state index is -2.59. The second-order valence-electron chi connectivity index (χ2n) is 4.21. The van der Waals surface area contributed by atoms with Crippen LogP contribution >= 0.6 is 0 Å². The van der Waals surface area contributed by atoms with E-state index in [1.807, 2.05) is 0 Å². The van der Waals surface area contributed by atoms with Crippen LogP contribution in [0.2, 0.25) is 0 Å². The highest BCUT2D eigenvalue weighted by atomic mass is 32.2. The van der Waals surface area contributed by atoms with E-state index in [1.54, 1.807) is 19.2 Å². The summed E-state index contributed by atoms with van der Waals surface area (Å²) in [6.45, 7) is 0. The van der Waals surface area contributed by atoms with E-state index >= 15 is 0 Å². The van der Waals surface area contributed by atoms with Gasteiger partial charge in [-0.05, 0) is 29.3 Å². The molecule has 0 radical (unpaired) electrons. The molecule has 9 heteroatoms. The molecule has 0 saturated heterocycles. The molecule has 2 rings (SSSR count). The first-order chi connectivity index (χ1) is 10.5. The first-order valence-corrected chi connectivity index (χ1v) is 7.32. The minimum absolute atomic E-state index is 0.0973. The van der Waals surface area contributed by atoms with Crippen LogP contribution in [0.4, 0.5) is 17.1 Å². The Morgan fingerprint density at radius 2 is 1.77 bits per heavy atom. The third-order valence-electron chi connectivity index (χ3n) is 3.05. The molecule has 8 nitrogen and oxygen atoms in total. The van der Waals surface area contributed by atoms with Gasteiger partial charge in [0, 0.05) is 31.9 Å². The third kappa shape index (κ3) is 2.68. The Balaban J connectivity index is 2.98. The lowest BCUT2D eigenvalue weighted by molar-refractivity contribution is 0.480. The summed E-state index contributed by atoms with van der Waals surface area (Å²) >= 11 is -2.59. The van der Waals surface area contributed by atoms with Crippen molar-refractivity contribution < 1.29 is 13.9 Å². The van der Waals surface area contributed by atoms with Gasteiger partial charge in [0.15, 0.2) is 5.75 Å². The largest absolute Gasteiger partial charge is 0.768 e. The van der Waals surface area contributed by atoms with Crippen molar-refractivity contribution in [2.45, 2.75) is 4.90 Å². The van der Waals surface area contributed by atoms with Crippen LogP contribution in [0.3, 0.4) is 0 Å². The highest BCUT2D eigenvalue weighted by Gasteiger charge is 2.17. The standard InChI is InChI=1S/C13H15N5O3S/c1-14-9-5-4-7-8(11(9)17-15-2)6-10(22(20)21)12(13(7)19)18-16-3/h4-6,14,19H,1-3H3,(H,20,21)/p-1. The molecule has 0 amide bonds. The van der Waals surface area contributed by atoms with Gasteiger partial charge in [-0.2, -0.15) is 20.5 Å². The topological polar surface area (TPSA) is 122 Å². The SMILES string of the molecule is CN=Nc1c(S(=O)[O-])cc2c(N=NC)c(NC)ccc2c1O. The summed E-state index contributed by atoms with van der Waals surface area (Å²) in [6.07, 6.45) is 0. The van der Waals surface area contributed by atoms with E-state index in [2.05, 4.69) is 25.8 Å². The van der Waals surface area contributed by atoms with Gasteiger partial charge in [-0.15, -0.1) is 0 Å². The average molecular weight is 320 g/mol. The van der Waals surface area contributed by atoms with Crippen molar-refractivity contribution in [2.24, 2.45) is 20.5 Å². The summed E-state index contributed by atoms with van der Waals surface area (Å²) < 4.78 is 22.9. The number of aromatic hydroxyl groups is 1. The smallest absolute Gasteiger partial charge is 0.152 e. The molecule has 0 heterocycles. The summed E-state index contributed by atoms with van der Waals surface area (Å²) in [7, 11) is 4.61. The molecule has 1 atom stereocenters. The van der Waals surface area contributed by atoms with E-state index in [0.29, 0.717) is 22.1 Å². The molecule has 22 heavy (non-hydrogen) atoms. The summed E-state index contributed by atoms with van der Waals surface area (Å²) in [6, 6.07) is 4.76. The first kappa shape index (κ1) is 16.0. The molecular formula is C13H14N5O3S-. The van der Waals surface area contributed by atoms with Crippen LogP contribution in [0.1, 0.15) is 0 Å². The normalized spacial score (nSPS) is 13.3. The number of phenols is 1. The van der Waals surface area contributed by atoms with Gasteiger partial charge in [-0.25, -0.2) is 0 Å². The lowest BCUT2D eigenvalue weighted by Gasteiger charge is -2.15. The number of hydrogen-bond acceptors (Lipinski definition) is 8. The summed E-state index contributed by atoms with van der Waals surface area (Å²) in [5.41, 5.74) is 0.995. The predicted molar refractivity (Wildman–Crippen MR) is 83.2 cm³/mol. The molecule has 2 aromatic carbocycles. The fraction of sp³-hybridized carbons (Fsp3) is 0.231. The van der Waals surface area contributed by atoms with Crippen molar-refractivity contribution in [2.75, 3.05) is 26.5 Å². The van der Waals surface area contributed by atoms with Gasteiger partial charge in [-0.3, -0.25) is 4.21 Å². The zero-order valence-corrected chi connectivity index (χ0v) is 13.0. The highest BCUT2D eigenvalue weighted by Crippen LogP contribution is 2.45. The van der Waals surface area contributed by atoms with E-state index in [1.165, 1.54) is 20.2 Å². The molecule has 0 aliphatic rings. The number of nitrogens with zero attached hydrogens (tertiary/aromatic N) is 4. The molecule has 116 valence electrons. The monoisotopic (exact) mass is 320 g/mol. The van der Waals surface area contributed by atoms with Crippen LogP contribution in [0.15, 0.2) is 43.6 Å². The average Bonchev–Trinajstić information content (AvgIpc) is 2.50. The molecule has 0 aliphatic heterocycles. The molecule has 1 unspecified atom stereocenters. The Morgan fingerprint density at radius 1 is 1.14 bits per heavy atom. The van der Waals surface area contributed by atoms with Crippen LogP contribution in [-0.2, 0) is 11.1 Å². The molecule has 0 bridgehead atoms. The lowest BCUT2D eigenvalue weighted by atomic mass is 10.1. The Hall–Kier alpha value is -2.39. The Labute approximate surface area is 129 Å². The van der Waals surface area contributed by atoms with Gasteiger partial charge in [0.1, 0.15) is 11.4 Å². The zero-order valence-electron chi connectivity index (χ0n) is 12.2. The van der Waals surface area contributed by atoms with Crippen molar-refractivity contribution in [3.63, 3.8) is 0 Å². The van der Waals surface area contributed by atoms with Crippen LogP contribution in [0.25, 0.3) is 10.8 Å². The first-order valence-electron chi connectivity index (χ1n) is 6.24. The van der Waals surface area contributed by atoms with E-state index in [4.69, 9.17) is 0 Å². The van der Waals surface area contributed by atoms with Gasteiger partial charge in [0.25, 0.3) is 0 Å². The van der Waals surface area contributed by atoms with Crippen molar-refractivity contribution >= 4 is 38.9 Å². The minimum Gasteiger partial charge on any atom is -0.768 e. The number of rotatable bonds is 4. The Bertz CT molecular complexity index is 804. The van der Waals surface area contributed by atoms with Gasteiger partial charge in [-0.1, -0.05) is 0 Å². The Kier molecular flexibility index (Phi) is 4.78. The number of anilines is 1. The molecule has 0 fully saturated rings. The Morgan fingerprint density at radius 3 is 2.32 bits per heavy atom. The van der Waals surface area contributed by atoms with Gasteiger partial charge < -0.3 is 15.0 Å². The second-order valence-corrected chi connectivity index (χ2v) is 5.12. The number of phenolic OH excluding ortho intramolecular Hbond substituents is 1. The quantitative estimate of drug-likeness (QED) is 0.663. The van der Waals surface area contributed by atoms with Crippen LogP contribution in [-0.4, -0.2) is 35.0 Å². The maximum absolute atomic E-state index is 11.4. The lowest BCUT2D eigenvalue weighted by Crippen LogP contribution is -1.93. The maximum atomic E-state index is 11.4. The molecular weight excluding hydrogens is 306 g/mol. The number of benzene rings is 2. The molecule has 0 aromatic heterocycles. The summed E-state index contributed by atoms with van der Waals surface area (Å²) in [5, 5.41) is 29.2. The van der Waals surface area contributed by atoms with E-state index in [0.717, 1.165) is 0 Å². The number of nitrogens with one attached hydrogen (secondary N) is 1. The summed E-state index contributed by atoms with van der Waals surface area (Å²) in [4.78, 5) is -0.156. The van der Waals surface area contributed by atoms with E-state index in [-0.39, 0.29) is 16.3 Å². The fourth-order valence-corrected chi connectivity index (χ4v) is 2.65. The van der Waals surface area contributed by atoms with Crippen molar-refractivity contribution in [1.29, 1.82) is 0 Å². The second kappa shape index (κ2) is 6.58. The van der Waals surface area contributed by atoms with Gasteiger partial charge in [0.05, 0.1) is 10.6 Å². The van der Waals surface area contributed by atoms with Crippen molar-refractivity contribution in [1.82, 2.24) is 0 Å². The molecule has 0 saturated carbocycles.